The van der Waals surface area contributed by atoms with E-state index >= 15 is 0 Å². The Kier molecular flexibility index (Phi) is 6.41. The maximum absolute atomic E-state index is 12.5. The molecule has 1 aliphatic rings. The van der Waals surface area contributed by atoms with Gasteiger partial charge in [0, 0.05) is 24.3 Å². The van der Waals surface area contributed by atoms with Crippen LogP contribution in [-0.2, 0) is 10.3 Å². The molecule has 156 valence electrons. The van der Waals surface area contributed by atoms with Crippen LogP contribution in [0.1, 0.15) is 37.7 Å². The van der Waals surface area contributed by atoms with E-state index in [1.165, 1.54) is 36.4 Å². The van der Waals surface area contributed by atoms with Crippen LogP contribution in [0.4, 0.5) is 16.2 Å². The molecule has 1 unspecified atom stereocenters. The molecular formula is C21H20N2O7. The molecule has 9 heteroatoms. The monoisotopic (exact) mass is 412 g/mol. The van der Waals surface area contributed by atoms with E-state index in [2.05, 4.69) is 6.08 Å². The van der Waals surface area contributed by atoms with Gasteiger partial charge < -0.3 is 9.47 Å². The molecule has 0 saturated carbocycles. The number of nitro groups is 2. The van der Waals surface area contributed by atoms with Crippen LogP contribution in [-0.4, -0.2) is 16.0 Å². The van der Waals surface area contributed by atoms with Crippen LogP contribution in [0, 0.1) is 20.2 Å². The number of hydrogen-bond acceptors (Lipinski definition) is 7. The van der Waals surface area contributed by atoms with Gasteiger partial charge in [-0.05, 0) is 61.9 Å². The molecule has 0 spiro atoms. The van der Waals surface area contributed by atoms with Crippen LogP contribution in [0.5, 0.6) is 5.75 Å². The number of benzene rings is 2. The first kappa shape index (κ1) is 21.0. The molecule has 0 aromatic heterocycles. The van der Waals surface area contributed by atoms with Crippen LogP contribution < -0.4 is 4.74 Å². The lowest BCUT2D eigenvalue weighted by atomic mass is 9.83. The smallest absolute Gasteiger partial charge is 0.422 e. The highest BCUT2D eigenvalue weighted by Gasteiger charge is 2.37. The van der Waals surface area contributed by atoms with Crippen molar-refractivity contribution in [1.29, 1.82) is 0 Å². The summed E-state index contributed by atoms with van der Waals surface area (Å²) in [5.41, 5.74) is -0.500. The highest BCUT2D eigenvalue weighted by Crippen LogP contribution is 2.39. The predicted molar refractivity (Wildman–Crippen MR) is 107 cm³/mol. The van der Waals surface area contributed by atoms with Crippen molar-refractivity contribution >= 4 is 17.5 Å². The molecule has 0 fully saturated rings. The van der Waals surface area contributed by atoms with Crippen molar-refractivity contribution in [2.75, 3.05) is 0 Å². The Morgan fingerprint density at radius 2 is 1.40 bits per heavy atom. The molecule has 3 rings (SSSR count). The van der Waals surface area contributed by atoms with Gasteiger partial charge in [0.2, 0.25) is 0 Å². The van der Waals surface area contributed by atoms with E-state index in [4.69, 9.17) is 9.47 Å². The van der Waals surface area contributed by atoms with Crippen LogP contribution in [0.25, 0.3) is 0 Å². The third-order valence-electron chi connectivity index (χ3n) is 4.96. The summed E-state index contributed by atoms with van der Waals surface area (Å²) in [5, 5.41) is 21.7. The molecule has 9 nitrogen and oxygen atoms in total. The third-order valence-corrected chi connectivity index (χ3v) is 4.96. The number of hydrogen-bond donors (Lipinski definition) is 0. The summed E-state index contributed by atoms with van der Waals surface area (Å²) in [4.78, 5) is 33.2. The summed E-state index contributed by atoms with van der Waals surface area (Å²) in [6.45, 7) is 0. The lowest BCUT2D eigenvalue weighted by Crippen LogP contribution is -2.34. The number of ether oxygens (including phenoxy) is 2. The Hall–Kier alpha value is -3.75. The summed E-state index contributed by atoms with van der Waals surface area (Å²) >= 11 is 0. The number of carbonyl (C=O) groups excluding carboxylic acids is 1. The minimum Gasteiger partial charge on any atom is -0.422 e. The van der Waals surface area contributed by atoms with Crippen LogP contribution in [0.15, 0.2) is 60.7 Å². The lowest BCUT2D eigenvalue weighted by molar-refractivity contribution is -0.385. The van der Waals surface area contributed by atoms with E-state index in [-0.39, 0.29) is 17.1 Å². The van der Waals surface area contributed by atoms with E-state index in [1.54, 1.807) is 12.1 Å². The molecule has 1 aliphatic carbocycles. The third kappa shape index (κ3) is 4.99. The number of rotatable bonds is 5. The van der Waals surface area contributed by atoms with Gasteiger partial charge in [-0.2, -0.15) is 0 Å². The first-order valence-electron chi connectivity index (χ1n) is 9.45. The fourth-order valence-corrected chi connectivity index (χ4v) is 3.43. The Morgan fingerprint density at radius 1 is 0.833 bits per heavy atom. The van der Waals surface area contributed by atoms with Crippen molar-refractivity contribution in [2.24, 2.45) is 0 Å². The zero-order valence-corrected chi connectivity index (χ0v) is 16.1. The molecule has 0 heterocycles. The van der Waals surface area contributed by atoms with Crippen molar-refractivity contribution in [3.63, 3.8) is 0 Å². The quantitative estimate of drug-likeness (QED) is 0.211. The first-order valence-corrected chi connectivity index (χ1v) is 9.45. The van der Waals surface area contributed by atoms with Gasteiger partial charge in [0.15, 0.2) is 0 Å². The second kappa shape index (κ2) is 9.17. The Balaban J connectivity index is 1.82. The zero-order chi connectivity index (χ0) is 21.6. The van der Waals surface area contributed by atoms with E-state index in [0.717, 1.165) is 12.8 Å². The van der Waals surface area contributed by atoms with Crippen molar-refractivity contribution < 1.29 is 24.1 Å². The molecular weight excluding hydrogens is 392 g/mol. The minimum atomic E-state index is -0.988. The number of non-ortho nitro benzene ring substituents is 2. The number of allylic oxidation sites excluding steroid dienone is 2. The largest absolute Gasteiger partial charge is 0.514 e. The Bertz CT molecular complexity index is 954. The Labute approximate surface area is 172 Å². The average molecular weight is 412 g/mol. The molecule has 0 aliphatic heterocycles. The zero-order valence-electron chi connectivity index (χ0n) is 16.1. The molecule has 0 bridgehead atoms. The summed E-state index contributed by atoms with van der Waals surface area (Å²) in [5.74, 6) is 0.121. The second-order valence-corrected chi connectivity index (χ2v) is 6.91. The van der Waals surface area contributed by atoms with Gasteiger partial charge >= 0.3 is 6.16 Å². The van der Waals surface area contributed by atoms with Gasteiger partial charge in [0.05, 0.1) is 9.85 Å². The molecule has 0 saturated heterocycles. The van der Waals surface area contributed by atoms with Crippen molar-refractivity contribution in [1.82, 2.24) is 0 Å². The number of carbonyl (C=O) groups is 1. The summed E-state index contributed by atoms with van der Waals surface area (Å²) in [6.07, 6.45) is 6.45. The standard InChI is InChI=1S/C21H20N2O7/c24-20(29-19-12-10-18(11-13-19)23(27)28)30-21(14-4-2-1-3-5-15-21)16-6-8-17(9-7-16)22(25)26/h1-2,6-13H,3-5,14-15H2. The number of nitro benzene ring substituents is 2. The molecule has 0 N–H and O–H groups in total. The fraction of sp³-hybridized carbons (Fsp3) is 0.286. The van der Waals surface area contributed by atoms with Gasteiger partial charge in [-0.15, -0.1) is 0 Å². The topological polar surface area (TPSA) is 122 Å². The first-order chi connectivity index (χ1) is 14.4. The van der Waals surface area contributed by atoms with E-state index in [0.29, 0.717) is 24.8 Å². The molecule has 0 amide bonds. The molecule has 30 heavy (non-hydrogen) atoms. The normalized spacial score (nSPS) is 18.7. The molecule has 0 radical (unpaired) electrons. The molecule has 1 atom stereocenters. The van der Waals surface area contributed by atoms with Crippen LogP contribution in [0.3, 0.4) is 0 Å². The van der Waals surface area contributed by atoms with Gasteiger partial charge in [-0.25, -0.2) is 4.79 Å². The second-order valence-electron chi connectivity index (χ2n) is 6.91. The summed E-state index contributed by atoms with van der Waals surface area (Å²) < 4.78 is 11.0. The molecule has 2 aromatic rings. The SMILES string of the molecule is O=C(Oc1ccc([N+](=O)[O-])cc1)OC1(c2ccc([N+](=O)[O-])cc2)CCC=CCCC1. The van der Waals surface area contributed by atoms with Gasteiger partial charge in [-0.1, -0.05) is 12.2 Å². The van der Waals surface area contributed by atoms with Gasteiger partial charge in [0.1, 0.15) is 11.4 Å². The maximum Gasteiger partial charge on any atom is 0.514 e. The van der Waals surface area contributed by atoms with Crippen molar-refractivity contribution in [2.45, 2.75) is 37.7 Å². The van der Waals surface area contributed by atoms with Gasteiger partial charge in [-0.3, -0.25) is 20.2 Å². The maximum atomic E-state index is 12.5. The number of nitrogens with zero attached hydrogens (tertiary/aromatic N) is 2. The van der Waals surface area contributed by atoms with Crippen LogP contribution in [0.2, 0.25) is 0 Å². The van der Waals surface area contributed by atoms with Crippen molar-refractivity contribution in [3.05, 3.63) is 86.5 Å². The Morgan fingerprint density at radius 3 is 2.00 bits per heavy atom. The van der Waals surface area contributed by atoms with Crippen LogP contribution >= 0.6 is 0 Å². The molecule has 2 aromatic carbocycles. The van der Waals surface area contributed by atoms with E-state index in [9.17, 15) is 25.0 Å². The predicted octanol–water partition coefficient (Wildman–Crippen LogP) is 5.43. The van der Waals surface area contributed by atoms with E-state index in [1.807, 2.05) is 6.08 Å². The average Bonchev–Trinajstić information content (AvgIpc) is 2.70. The summed E-state index contributed by atoms with van der Waals surface area (Å²) in [6, 6.07) is 11.1. The highest BCUT2D eigenvalue weighted by molar-refractivity contribution is 5.65. The van der Waals surface area contributed by atoms with Gasteiger partial charge in [0.25, 0.3) is 11.4 Å². The minimum absolute atomic E-state index is 0.0481. The van der Waals surface area contributed by atoms with E-state index < -0.39 is 21.6 Å². The fourth-order valence-electron chi connectivity index (χ4n) is 3.43. The summed E-state index contributed by atoms with van der Waals surface area (Å²) in [7, 11) is 0. The lowest BCUT2D eigenvalue weighted by Gasteiger charge is -2.34. The van der Waals surface area contributed by atoms with Crippen molar-refractivity contribution in [3.8, 4) is 5.75 Å². The highest BCUT2D eigenvalue weighted by atomic mass is 16.7.